The first-order valence-electron chi connectivity index (χ1n) is 3.21. The minimum absolute atomic E-state index is 0.369. The smallest absolute Gasteiger partial charge is 0.153 e. The highest BCUT2D eigenvalue weighted by Gasteiger charge is 2.04. The Morgan fingerprint density at radius 2 is 2.30 bits per heavy atom. The monoisotopic (exact) mass is 159 g/mol. The quantitative estimate of drug-likeness (QED) is 0.667. The zero-order valence-electron chi connectivity index (χ0n) is 6.06. The molecule has 56 valence electrons. The number of hydrogen-bond donors (Lipinski definition) is 1. The lowest BCUT2D eigenvalue weighted by Crippen LogP contribution is -1.89. The van der Waals surface area contributed by atoms with Gasteiger partial charge in [-0.15, -0.1) is 11.6 Å². The number of hydrogen-bond acceptors (Lipinski definition) is 2. The third kappa shape index (κ3) is 1.48. The van der Waals surface area contributed by atoms with Crippen LogP contribution >= 0.6 is 11.6 Å². The lowest BCUT2D eigenvalue weighted by molar-refractivity contribution is 0.780. The van der Waals surface area contributed by atoms with Crippen molar-refractivity contribution in [2.75, 3.05) is 0 Å². The van der Waals surface area contributed by atoms with Gasteiger partial charge in [-0.2, -0.15) is 5.10 Å². The second-order valence-corrected chi connectivity index (χ2v) is 2.70. The Bertz CT molecular complexity index is 207. The molecule has 0 bridgehead atoms. The number of rotatable bonds is 2. The molecule has 0 saturated carbocycles. The van der Waals surface area contributed by atoms with Gasteiger partial charge in [0.25, 0.3) is 0 Å². The molecule has 0 radical (unpaired) electrons. The molecule has 0 aliphatic heterocycles. The molecule has 10 heavy (non-hydrogen) atoms. The van der Waals surface area contributed by atoms with Crippen molar-refractivity contribution in [3.63, 3.8) is 0 Å². The lowest BCUT2D eigenvalue weighted by atomic mass is 10.2. The van der Waals surface area contributed by atoms with Crippen molar-refractivity contribution in [1.82, 2.24) is 15.2 Å². The van der Waals surface area contributed by atoms with Crippen molar-refractivity contribution in [1.29, 1.82) is 0 Å². The molecule has 0 aliphatic carbocycles. The van der Waals surface area contributed by atoms with Gasteiger partial charge in [0.2, 0.25) is 0 Å². The number of aromatic nitrogens is 3. The molecule has 1 aromatic rings. The van der Waals surface area contributed by atoms with E-state index in [1.165, 1.54) is 0 Å². The second kappa shape index (κ2) is 3.01. The van der Waals surface area contributed by atoms with Crippen LogP contribution < -0.4 is 0 Å². The average Bonchev–Trinajstić information content (AvgIpc) is 2.34. The minimum Gasteiger partial charge on any atom is -0.262 e. The highest BCUT2D eigenvalue weighted by Crippen LogP contribution is 2.07. The van der Waals surface area contributed by atoms with Crippen molar-refractivity contribution >= 4 is 11.6 Å². The van der Waals surface area contributed by atoms with Gasteiger partial charge in [0.15, 0.2) is 5.82 Å². The average molecular weight is 160 g/mol. The maximum atomic E-state index is 5.51. The van der Waals surface area contributed by atoms with Crippen LogP contribution in [0.3, 0.4) is 0 Å². The van der Waals surface area contributed by atoms with Crippen LogP contribution in [0.5, 0.6) is 0 Å². The Hall–Kier alpha value is -0.570. The molecule has 1 N–H and O–H groups in total. The maximum absolute atomic E-state index is 5.51. The first-order valence-corrected chi connectivity index (χ1v) is 3.74. The van der Waals surface area contributed by atoms with E-state index in [9.17, 15) is 0 Å². The fourth-order valence-electron chi connectivity index (χ4n) is 0.628. The fourth-order valence-corrected chi connectivity index (χ4v) is 0.748. The molecule has 0 amide bonds. The van der Waals surface area contributed by atoms with E-state index in [4.69, 9.17) is 11.6 Å². The third-order valence-electron chi connectivity index (χ3n) is 1.19. The molecule has 0 saturated heterocycles. The van der Waals surface area contributed by atoms with Crippen LogP contribution in [0.4, 0.5) is 0 Å². The van der Waals surface area contributed by atoms with Crippen LogP contribution in [-0.4, -0.2) is 15.2 Å². The summed E-state index contributed by atoms with van der Waals surface area (Å²) in [5.74, 6) is 2.34. The van der Waals surface area contributed by atoms with E-state index in [-0.39, 0.29) is 0 Å². The molecule has 0 unspecified atom stereocenters. The number of H-pyrrole nitrogens is 1. The van der Waals surface area contributed by atoms with Crippen molar-refractivity contribution in [2.24, 2.45) is 0 Å². The maximum Gasteiger partial charge on any atom is 0.153 e. The third-order valence-corrected chi connectivity index (χ3v) is 1.45. The summed E-state index contributed by atoms with van der Waals surface area (Å²) in [4.78, 5) is 4.13. The van der Waals surface area contributed by atoms with Gasteiger partial charge in [-0.3, -0.25) is 5.10 Å². The van der Waals surface area contributed by atoms with E-state index in [1.807, 2.05) is 13.8 Å². The van der Waals surface area contributed by atoms with Crippen LogP contribution in [-0.2, 0) is 5.88 Å². The summed E-state index contributed by atoms with van der Waals surface area (Å²) in [6, 6.07) is 0. The van der Waals surface area contributed by atoms with Crippen LogP contribution in [0.15, 0.2) is 0 Å². The molecule has 3 nitrogen and oxygen atoms in total. The second-order valence-electron chi connectivity index (χ2n) is 2.43. The Labute approximate surface area is 64.8 Å². The van der Waals surface area contributed by atoms with Gasteiger partial charge in [-0.1, -0.05) is 13.8 Å². The van der Waals surface area contributed by atoms with Gasteiger partial charge in [0, 0.05) is 5.92 Å². The highest BCUT2D eigenvalue weighted by molar-refractivity contribution is 6.16. The van der Waals surface area contributed by atoms with Crippen molar-refractivity contribution in [3.8, 4) is 0 Å². The van der Waals surface area contributed by atoms with Crippen LogP contribution in [0.25, 0.3) is 0 Å². The molecule has 1 heterocycles. The Morgan fingerprint density at radius 1 is 1.60 bits per heavy atom. The van der Waals surface area contributed by atoms with Gasteiger partial charge in [-0.25, -0.2) is 4.98 Å². The molecule has 0 fully saturated rings. The number of nitrogens with one attached hydrogen (secondary N) is 1. The molecule has 1 aromatic heterocycles. The molecule has 0 aromatic carbocycles. The number of halogens is 1. The summed E-state index contributed by atoms with van der Waals surface area (Å²) < 4.78 is 0. The predicted molar refractivity (Wildman–Crippen MR) is 40.0 cm³/mol. The molecular formula is C6H10ClN3. The Morgan fingerprint density at radius 3 is 2.60 bits per heavy atom. The summed E-state index contributed by atoms with van der Waals surface area (Å²) >= 11 is 5.51. The van der Waals surface area contributed by atoms with Crippen LogP contribution in [0.2, 0.25) is 0 Å². The van der Waals surface area contributed by atoms with Gasteiger partial charge >= 0.3 is 0 Å². The minimum atomic E-state index is 0.369. The Kier molecular flexibility index (Phi) is 2.27. The van der Waals surface area contributed by atoms with Gasteiger partial charge < -0.3 is 0 Å². The predicted octanol–water partition coefficient (Wildman–Crippen LogP) is 1.67. The Balaban J connectivity index is 2.78. The van der Waals surface area contributed by atoms with Crippen LogP contribution in [0, 0.1) is 0 Å². The zero-order valence-corrected chi connectivity index (χ0v) is 6.81. The zero-order chi connectivity index (χ0) is 7.56. The van der Waals surface area contributed by atoms with E-state index in [2.05, 4.69) is 15.2 Å². The number of aromatic amines is 1. The molecular weight excluding hydrogens is 150 g/mol. The van der Waals surface area contributed by atoms with Crippen molar-refractivity contribution < 1.29 is 0 Å². The van der Waals surface area contributed by atoms with Gasteiger partial charge in [-0.05, 0) is 0 Å². The van der Waals surface area contributed by atoms with E-state index < -0.39 is 0 Å². The van der Waals surface area contributed by atoms with Crippen molar-refractivity contribution in [3.05, 3.63) is 11.6 Å². The molecule has 1 rings (SSSR count). The van der Waals surface area contributed by atoms with E-state index >= 15 is 0 Å². The SMILES string of the molecule is CC(C)c1n[nH]c(CCl)n1. The summed E-state index contributed by atoms with van der Waals surface area (Å²) in [5.41, 5.74) is 0. The fraction of sp³-hybridized carbons (Fsp3) is 0.667. The highest BCUT2D eigenvalue weighted by atomic mass is 35.5. The molecule has 4 heteroatoms. The summed E-state index contributed by atoms with van der Waals surface area (Å²) in [6.07, 6.45) is 0. The van der Waals surface area contributed by atoms with E-state index in [0.717, 1.165) is 11.6 Å². The molecule has 0 aliphatic rings. The standard InChI is InChI=1S/C6H10ClN3/c1-4(2)6-8-5(3-7)9-10-6/h4H,3H2,1-2H3,(H,8,9,10). The lowest BCUT2D eigenvalue weighted by Gasteiger charge is -1.92. The number of nitrogens with zero attached hydrogens (tertiary/aromatic N) is 2. The van der Waals surface area contributed by atoms with Gasteiger partial charge in [0.05, 0.1) is 5.88 Å². The first kappa shape index (κ1) is 7.54. The normalized spacial score (nSPS) is 10.8. The topological polar surface area (TPSA) is 41.6 Å². The molecule has 0 spiro atoms. The number of alkyl halides is 1. The van der Waals surface area contributed by atoms with Crippen LogP contribution in [0.1, 0.15) is 31.4 Å². The van der Waals surface area contributed by atoms with E-state index in [0.29, 0.717) is 11.8 Å². The summed E-state index contributed by atoms with van der Waals surface area (Å²) in [5, 5.41) is 6.71. The first-order chi connectivity index (χ1) is 4.74. The largest absolute Gasteiger partial charge is 0.262 e. The molecule has 0 atom stereocenters. The summed E-state index contributed by atoms with van der Waals surface area (Å²) in [7, 11) is 0. The van der Waals surface area contributed by atoms with E-state index in [1.54, 1.807) is 0 Å². The van der Waals surface area contributed by atoms with Crippen molar-refractivity contribution in [2.45, 2.75) is 25.6 Å². The van der Waals surface area contributed by atoms with Gasteiger partial charge in [0.1, 0.15) is 5.82 Å². The summed E-state index contributed by atoms with van der Waals surface area (Å²) in [6.45, 7) is 4.09.